The van der Waals surface area contributed by atoms with Crippen LogP contribution in [-0.4, -0.2) is 24.0 Å². The fourth-order valence-electron chi connectivity index (χ4n) is 3.15. The van der Waals surface area contributed by atoms with Crippen LogP contribution in [0.2, 0.25) is 0 Å². The molecule has 2 aromatic carbocycles. The average molecular weight is 427 g/mol. The summed E-state index contributed by atoms with van der Waals surface area (Å²) in [6.07, 6.45) is 0. The third-order valence-corrected chi connectivity index (χ3v) is 4.96. The van der Waals surface area contributed by atoms with Crippen LogP contribution < -0.4 is 9.64 Å². The topological polar surface area (TPSA) is 42.4 Å². The summed E-state index contributed by atoms with van der Waals surface area (Å²) in [5.41, 5.74) is 3.51. The number of nitrogens with zero attached hydrogens (tertiary/aromatic N) is 2. The summed E-state index contributed by atoms with van der Waals surface area (Å²) in [4.78, 5) is 19.3. The van der Waals surface area contributed by atoms with E-state index in [4.69, 9.17) is 4.74 Å². The number of aryl methyl sites for hydroxylation is 1. The maximum atomic E-state index is 13.4. The van der Waals surface area contributed by atoms with Crippen molar-refractivity contribution in [2.75, 3.05) is 18.1 Å². The standard InChI is InChI=1S/C21H16BrFN2O2/c1-13-17(6-7-18(24-13)14-3-2-4-15(22)11-14)21(26)25-9-10-27-20-12-16(23)5-8-19(20)25/h2-8,11-12H,9-10H2,1H3. The SMILES string of the molecule is Cc1nc(-c2cccc(Br)c2)ccc1C(=O)N1CCOc2cc(F)ccc21. The lowest BCUT2D eigenvalue weighted by atomic mass is 10.1. The zero-order valence-corrected chi connectivity index (χ0v) is 16.2. The summed E-state index contributed by atoms with van der Waals surface area (Å²) in [7, 11) is 0. The van der Waals surface area contributed by atoms with Gasteiger partial charge in [-0.3, -0.25) is 9.78 Å². The smallest absolute Gasteiger partial charge is 0.260 e. The second-order valence-electron chi connectivity index (χ2n) is 6.26. The van der Waals surface area contributed by atoms with Gasteiger partial charge in [-0.25, -0.2) is 4.39 Å². The zero-order chi connectivity index (χ0) is 19.0. The van der Waals surface area contributed by atoms with E-state index in [1.807, 2.05) is 37.3 Å². The third-order valence-electron chi connectivity index (χ3n) is 4.47. The molecule has 0 saturated heterocycles. The van der Waals surface area contributed by atoms with Crippen molar-refractivity contribution in [1.29, 1.82) is 0 Å². The van der Waals surface area contributed by atoms with Crippen LogP contribution in [0, 0.1) is 12.7 Å². The van der Waals surface area contributed by atoms with Gasteiger partial charge >= 0.3 is 0 Å². The molecule has 0 aliphatic carbocycles. The van der Waals surface area contributed by atoms with Crippen molar-refractivity contribution in [3.63, 3.8) is 0 Å². The Balaban J connectivity index is 1.68. The maximum absolute atomic E-state index is 13.4. The number of carbonyl (C=O) groups is 1. The highest BCUT2D eigenvalue weighted by Crippen LogP contribution is 2.33. The first kappa shape index (κ1) is 17.7. The second-order valence-corrected chi connectivity index (χ2v) is 7.17. The number of carbonyl (C=O) groups excluding carboxylic acids is 1. The highest BCUT2D eigenvalue weighted by molar-refractivity contribution is 9.10. The van der Waals surface area contributed by atoms with Gasteiger partial charge in [0, 0.05) is 16.1 Å². The molecule has 0 bridgehead atoms. The number of hydrogen-bond donors (Lipinski definition) is 0. The van der Waals surface area contributed by atoms with Crippen LogP contribution in [0.1, 0.15) is 16.1 Å². The van der Waals surface area contributed by atoms with E-state index in [1.54, 1.807) is 17.0 Å². The van der Waals surface area contributed by atoms with Crippen molar-refractivity contribution < 1.29 is 13.9 Å². The van der Waals surface area contributed by atoms with E-state index < -0.39 is 0 Å². The van der Waals surface area contributed by atoms with Gasteiger partial charge in [-0.05, 0) is 43.3 Å². The molecule has 3 aromatic rings. The van der Waals surface area contributed by atoms with Crippen molar-refractivity contribution in [3.8, 4) is 17.0 Å². The van der Waals surface area contributed by atoms with E-state index in [9.17, 15) is 9.18 Å². The number of aromatic nitrogens is 1. The molecule has 1 aliphatic heterocycles. The Hall–Kier alpha value is -2.73. The summed E-state index contributed by atoms with van der Waals surface area (Å²) in [5, 5.41) is 0. The minimum absolute atomic E-state index is 0.169. The molecule has 4 nitrogen and oxygen atoms in total. The van der Waals surface area contributed by atoms with Gasteiger partial charge in [0.15, 0.2) is 0 Å². The fraction of sp³-hybridized carbons (Fsp3) is 0.143. The van der Waals surface area contributed by atoms with Gasteiger partial charge in [-0.15, -0.1) is 0 Å². The van der Waals surface area contributed by atoms with E-state index in [0.717, 1.165) is 15.7 Å². The Bertz CT molecular complexity index is 1040. The molecule has 1 aliphatic rings. The molecule has 0 unspecified atom stereocenters. The Morgan fingerprint density at radius 2 is 2.04 bits per heavy atom. The average Bonchev–Trinajstić information content (AvgIpc) is 2.66. The number of halogens is 2. The number of hydrogen-bond acceptors (Lipinski definition) is 3. The molecule has 136 valence electrons. The van der Waals surface area contributed by atoms with Gasteiger partial charge in [0.05, 0.1) is 29.2 Å². The van der Waals surface area contributed by atoms with Gasteiger partial charge in [-0.1, -0.05) is 28.1 Å². The van der Waals surface area contributed by atoms with Gasteiger partial charge < -0.3 is 9.64 Å². The molecule has 1 amide bonds. The number of anilines is 1. The number of benzene rings is 2. The van der Waals surface area contributed by atoms with Gasteiger partial charge in [0.2, 0.25) is 0 Å². The molecule has 27 heavy (non-hydrogen) atoms. The number of amides is 1. The molecule has 0 atom stereocenters. The maximum Gasteiger partial charge on any atom is 0.260 e. The van der Waals surface area contributed by atoms with Crippen LogP contribution in [0.5, 0.6) is 5.75 Å². The Labute approximate surface area is 164 Å². The number of rotatable bonds is 2. The monoisotopic (exact) mass is 426 g/mol. The molecule has 0 fully saturated rings. The zero-order valence-electron chi connectivity index (χ0n) is 14.6. The molecular formula is C21H16BrFN2O2. The van der Waals surface area contributed by atoms with E-state index >= 15 is 0 Å². The molecule has 0 N–H and O–H groups in total. The predicted molar refractivity (Wildman–Crippen MR) is 106 cm³/mol. The lowest BCUT2D eigenvalue weighted by Gasteiger charge is -2.29. The first-order valence-corrected chi connectivity index (χ1v) is 9.30. The van der Waals surface area contributed by atoms with Crippen molar-refractivity contribution in [3.05, 3.63) is 76.1 Å². The molecule has 1 aromatic heterocycles. The van der Waals surface area contributed by atoms with E-state index in [2.05, 4.69) is 20.9 Å². The predicted octanol–water partition coefficient (Wildman–Crippen LogP) is 5.00. The lowest BCUT2D eigenvalue weighted by Crippen LogP contribution is -2.38. The van der Waals surface area contributed by atoms with Crippen LogP contribution in [-0.2, 0) is 0 Å². The van der Waals surface area contributed by atoms with Crippen molar-refractivity contribution in [2.45, 2.75) is 6.92 Å². The highest BCUT2D eigenvalue weighted by atomic mass is 79.9. The summed E-state index contributed by atoms with van der Waals surface area (Å²) < 4.78 is 19.9. The first-order valence-electron chi connectivity index (χ1n) is 8.51. The molecule has 6 heteroatoms. The van der Waals surface area contributed by atoms with Crippen molar-refractivity contribution in [2.24, 2.45) is 0 Å². The molecule has 4 rings (SSSR count). The summed E-state index contributed by atoms with van der Waals surface area (Å²) in [6.45, 7) is 2.55. The van der Waals surface area contributed by atoms with Gasteiger partial charge in [-0.2, -0.15) is 0 Å². The number of fused-ring (bicyclic) bond motifs is 1. The molecule has 0 spiro atoms. The van der Waals surface area contributed by atoms with Crippen LogP contribution in [0.4, 0.5) is 10.1 Å². The summed E-state index contributed by atoms with van der Waals surface area (Å²) >= 11 is 3.46. The van der Waals surface area contributed by atoms with Crippen LogP contribution in [0.25, 0.3) is 11.3 Å². The molecule has 0 radical (unpaired) electrons. The van der Waals surface area contributed by atoms with E-state index in [1.165, 1.54) is 12.1 Å². The fourth-order valence-corrected chi connectivity index (χ4v) is 3.55. The second kappa shape index (κ2) is 7.12. The Kier molecular flexibility index (Phi) is 4.66. The first-order chi connectivity index (χ1) is 13.0. The van der Waals surface area contributed by atoms with Crippen LogP contribution in [0.3, 0.4) is 0 Å². The van der Waals surface area contributed by atoms with Crippen LogP contribution in [0.15, 0.2) is 59.1 Å². The molecule has 0 saturated carbocycles. The summed E-state index contributed by atoms with van der Waals surface area (Å²) in [6, 6.07) is 15.7. The lowest BCUT2D eigenvalue weighted by molar-refractivity contribution is 0.0975. The summed E-state index contributed by atoms with van der Waals surface area (Å²) in [5.74, 6) is -0.179. The van der Waals surface area contributed by atoms with E-state index in [0.29, 0.717) is 35.8 Å². The quantitative estimate of drug-likeness (QED) is 0.578. The number of pyridine rings is 1. The van der Waals surface area contributed by atoms with Crippen molar-refractivity contribution >= 4 is 27.5 Å². The third kappa shape index (κ3) is 3.45. The van der Waals surface area contributed by atoms with Gasteiger partial charge in [0.25, 0.3) is 5.91 Å². The molecule has 2 heterocycles. The van der Waals surface area contributed by atoms with Crippen LogP contribution >= 0.6 is 15.9 Å². The van der Waals surface area contributed by atoms with E-state index in [-0.39, 0.29) is 11.7 Å². The largest absolute Gasteiger partial charge is 0.489 e. The Morgan fingerprint density at radius 3 is 2.81 bits per heavy atom. The van der Waals surface area contributed by atoms with Gasteiger partial charge in [0.1, 0.15) is 18.2 Å². The highest BCUT2D eigenvalue weighted by Gasteiger charge is 2.26. The normalized spacial score (nSPS) is 13.1. The minimum Gasteiger partial charge on any atom is -0.489 e. The minimum atomic E-state index is -0.390. The van der Waals surface area contributed by atoms with Crippen molar-refractivity contribution in [1.82, 2.24) is 4.98 Å². The number of ether oxygens (including phenoxy) is 1. The Morgan fingerprint density at radius 1 is 1.19 bits per heavy atom. The molecular weight excluding hydrogens is 411 g/mol.